The third-order valence-corrected chi connectivity index (χ3v) is 3.28. The third-order valence-electron chi connectivity index (χ3n) is 3.03. The summed E-state index contributed by atoms with van der Waals surface area (Å²) in [5.74, 6) is -3.95. The first-order chi connectivity index (χ1) is 10.4. The predicted molar refractivity (Wildman–Crippen MR) is 78.8 cm³/mol. The van der Waals surface area contributed by atoms with Gasteiger partial charge in [0.15, 0.2) is 0 Å². The van der Waals surface area contributed by atoms with Crippen LogP contribution in [0.2, 0.25) is 5.02 Å². The van der Waals surface area contributed by atoms with E-state index >= 15 is 0 Å². The number of hydrogen-bond acceptors (Lipinski definition) is 2. The molecule has 0 saturated carbocycles. The highest BCUT2D eigenvalue weighted by Gasteiger charge is 2.32. The van der Waals surface area contributed by atoms with Crippen molar-refractivity contribution in [1.82, 2.24) is 5.32 Å². The molecule has 2 aromatic rings. The van der Waals surface area contributed by atoms with E-state index < -0.39 is 18.4 Å². The number of benzene rings is 2. The summed E-state index contributed by atoms with van der Waals surface area (Å²) in [6, 6.07) is 13.0. The smallest absolute Gasteiger partial charge is 0.290 e. The molecular weight excluding hydrogens is 310 g/mol. The van der Waals surface area contributed by atoms with Crippen LogP contribution in [-0.2, 0) is 5.92 Å². The summed E-state index contributed by atoms with van der Waals surface area (Å²) in [5.41, 5.74) is -0.0440. The van der Waals surface area contributed by atoms with E-state index in [-0.39, 0.29) is 16.7 Å². The van der Waals surface area contributed by atoms with Crippen LogP contribution in [0.3, 0.4) is 0 Å². The Morgan fingerprint density at radius 3 is 2.45 bits per heavy atom. The number of nitriles is 1. The van der Waals surface area contributed by atoms with Gasteiger partial charge >= 0.3 is 0 Å². The van der Waals surface area contributed by atoms with E-state index in [1.165, 1.54) is 36.4 Å². The quantitative estimate of drug-likeness (QED) is 0.933. The minimum absolute atomic E-state index is 0.0666. The van der Waals surface area contributed by atoms with E-state index in [2.05, 4.69) is 5.32 Å². The van der Waals surface area contributed by atoms with Crippen molar-refractivity contribution in [3.05, 3.63) is 70.2 Å². The summed E-state index contributed by atoms with van der Waals surface area (Å²) < 4.78 is 28.0. The highest BCUT2D eigenvalue weighted by atomic mass is 35.5. The fourth-order valence-corrected chi connectivity index (χ4v) is 1.99. The van der Waals surface area contributed by atoms with E-state index in [1.807, 2.05) is 6.07 Å². The second-order valence-electron chi connectivity index (χ2n) is 4.55. The molecule has 0 aliphatic heterocycles. The molecule has 0 heterocycles. The Morgan fingerprint density at radius 2 is 1.82 bits per heavy atom. The second kappa shape index (κ2) is 6.54. The maximum absolute atomic E-state index is 14.0. The molecule has 2 rings (SSSR count). The standard InChI is InChI=1S/C16H11ClF2N2O/c17-13-7-5-12(6-8-13)16(18,19)10-21-15(22)14-4-2-1-3-11(14)9-20/h1-8H,10H2,(H,21,22). The molecule has 0 fully saturated rings. The van der Waals surface area contributed by atoms with Gasteiger partial charge in [-0.1, -0.05) is 35.9 Å². The lowest BCUT2D eigenvalue weighted by molar-refractivity contribution is -0.00247. The molecule has 0 aliphatic rings. The number of amides is 1. The van der Waals surface area contributed by atoms with Crippen molar-refractivity contribution in [1.29, 1.82) is 5.26 Å². The fourth-order valence-electron chi connectivity index (χ4n) is 1.86. The molecule has 6 heteroatoms. The summed E-state index contributed by atoms with van der Waals surface area (Å²) in [7, 11) is 0. The summed E-state index contributed by atoms with van der Waals surface area (Å²) in [6.07, 6.45) is 0. The highest BCUT2D eigenvalue weighted by Crippen LogP contribution is 2.28. The zero-order valence-electron chi connectivity index (χ0n) is 11.3. The van der Waals surface area contributed by atoms with Gasteiger partial charge < -0.3 is 5.32 Å². The zero-order valence-corrected chi connectivity index (χ0v) is 12.1. The monoisotopic (exact) mass is 320 g/mol. The Hall–Kier alpha value is -2.45. The summed E-state index contributed by atoms with van der Waals surface area (Å²) in [4.78, 5) is 11.9. The lowest BCUT2D eigenvalue weighted by Crippen LogP contribution is -2.35. The summed E-state index contributed by atoms with van der Waals surface area (Å²) in [6.45, 7) is -0.868. The van der Waals surface area contributed by atoms with Crippen LogP contribution in [-0.4, -0.2) is 12.5 Å². The number of carbonyl (C=O) groups excluding carboxylic acids is 1. The molecule has 0 bridgehead atoms. The number of nitrogens with zero attached hydrogens (tertiary/aromatic N) is 1. The molecule has 0 aliphatic carbocycles. The van der Waals surface area contributed by atoms with Crippen molar-refractivity contribution in [3.8, 4) is 6.07 Å². The molecular formula is C16H11ClF2N2O. The van der Waals surface area contributed by atoms with Crippen LogP contribution in [0.15, 0.2) is 48.5 Å². The van der Waals surface area contributed by atoms with Gasteiger partial charge in [-0.15, -0.1) is 0 Å². The molecule has 112 valence electrons. The van der Waals surface area contributed by atoms with Crippen molar-refractivity contribution < 1.29 is 13.6 Å². The van der Waals surface area contributed by atoms with Crippen molar-refractivity contribution in [2.24, 2.45) is 0 Å². The van der Waals surface area contributed by atoms with Crippen molar-refractivity contribution >= 4 is 17.5 Å². The second-order valence-corrected chi connectivity index (χ2v) is 4.99. The van der Waals surface area contributed by atoms with Crippen LogP contribution in [0.5, 0.6) is 0 Å². The highest BCUT2D eigenvalue weighted by molar-refractivity contribution is 6.30. The topological polar surface area (TPSA) is 52.9 Å². The van der Waals surface area contributed by atoms with E-state index in [1.54, 1.807) is 12.1 Å². The first-order valence-electron chi connectivity index (χ1n) is 6.35. The number of carbonyl (C=O) groups is 1. The van der Waals surface area contributed by atoms with Crippen LogP contribution < -0.4 is 5.32 Å². The SMILES string of the molecule is N#Cc1ccccc1C(=O)NCC(F)(F)c1ccc(Cl)cc1. The molecule has 0 saturated heterocycles. The first kappa shape index (κ1) is 15.9. The van der Waals surface area contributed by atoms with E-state index in [4.69, 9.17) is 16.9 Å². The lowest BCUT2D eigenvalue weighted by Gasteiger charge is -2.17. The Kier molecular flexibility index (Phi) is 4.74. The van der Waals surface area contributed by atoms with Gasteiger partial charge in [-0.05, 0) is 24.3 Å². The van der Waals surface area contributed by atoms with E-state index in [0.717, 1.165) is 0 Å². The van der Waals surface area contributed by atoms with Gasteiger partial charge in [0.2, 0.25) is 0 Å². The molecule has 0 atom stereocenters. The number of rotatable bonds is 4. The average Bonchev–Trinajstić information content (AvgIpc) is 2.53. The van der Waals surface area contributed by atoms with Gasteiger partial charge in [0.25, 0.3) is 11.8 Å². The predicted octanol–water partition coefficient (Wildman–Crippen LogP) is 3.73. The number of hydrogen-bond donors (Lipinski definition) is 1. The normalized spacial score (nSPS) is 10.8. The first-order valence-corrected chi connectivity index (χ1v) is 6.73. The van der Waals surface area contributed by atoms with Crippen molar-refractivity contribution in [3.63, 3.8) is 0 Å². The van der Waals surface area contributed by atoms with E-state index in [9.17, 15) is 13.6 Å². The Bertz CT molecular complexity index is 724. The van der Waals surface area contributed by atoms with E-state index in [0.29, 0.717) is 5.02 Å². The van der Waals surface area contributed by atoms with Crippen LogP contribution in [0.1, 0.15) is 21.5 Å². The van der Waals surface area contributed by atoms with Crippen molar-refractivity contribution in [2.45, 2.75) is 5.92 Å². The van der Waals surface area contributed by atoms with Crippen LogP contribution in [0.25, 0.3) is 0 Å². The van der Waals surface area contributed by atoms with Crippen LogP contribution >= 0.6 is 11.6 Å². The molecule has 0 radical (unpaired) electrons. The molecule has 1 N–H and O–H groups in total. The molecule has 3 nitrogen and oxygen atoms in total. The molecule has 1 amide bonds. The third kappa shape index (κ3) is 3.60. The largest absolute Gasteiger partial charge is 0.346 e. The average molecular weight is 321 g/mol. The van der Waals surface area contributed by atoms with Crippen LogP contribution in [0.4, 0.5) is 8.78 Å². The summed E-state index contributed by atoms with van der Waals surface area (Å²) in [5, 5.41) is 11.4. The Labute approximate surface area is 131 Å². The zero-order chi connectivity index (χ0) is 16.2. The summed E-state index contributed by atoms with van der Waals surface area (Å²) >= 11 is 5.66. The number of alkyl halides is 2. The molecule has 22 heavy (non-hydrogen) atoms. The van der Waals surface area contributed by atoms with Gasteiger partial charge in [0.1, 0.15) is 0 Å². The van der Waals surface area contributed by atoms with Crippen LogP contribution in [0, 0.1) is 11.3 Å². The number of nitrogens with one attached hydrogen (secondary N) is 1. The Balaban J connectivity index is 2.10. The lowest BCUT2D eigenvalue weighted by atomic mass is 10.1. The van der Waals surface area contributed by atoms with Gasteiger partial charge in [0, 0.05) is 10.6 Å². The maximum atomic E-state index is 14.0. The Morgan fingerprint density at radius 1 is 1.18 bits per heavy atom. The number of halogens is 3. The molecule has 0 spiro atoms. The molecule has 2 aromatic carbocycles. The fraction of sp³-hybridized carbons (Fsp3) is 0.125. The minimum Gasteiger partial charge on any atom is -0.346 e. The maximum Gasteiger partial charge on any atom is 0.290 e. The van der Waals surface area contributed by atoms with Gasteiger partial charge in [-0.25, -0.2) is 0 Å². The molecule has 0 unspecified atom stereocenters. The van der Waals surface area contributed by atoms with Gasteiger partial charge in [0.05, 0.1) is 23.7 Å². The molecule has 0 aromatic heterocycles. The van der Waals surface area contributed by atoms with Gasteiger partial charge in [-0.3, -0.25) is 4.79 Å². The van der Waals surface area contributed by atoms with Crippen molar-refractivity contribution in [2.75, 3.05) is 6.54 Å². The minimum atomic E-state index is -3.23. The van der Waals surface area contributed by atoms with Gasteiger partial charge in [-0.2, -0.15) is 14.0 Å².